The van der Waals surface area contributed by atoms with Gasteiger partial charge in [0.1, 0.15) is 0 Å². The summed E-state index contributed by atoms with van der Waals surface area (Å²) in [5, 5.41) is 17.0. The van der Waals surface area contributed by atoms with Crippen LogP contribution < -0.4 is 4.90 Å². The summed E-state index contributed by atoms with van der Waals surface area (Å²) in [5.41, 5.74) is 1.00. The van der Waals surface area contributed by atoms with Crippen molar-refractivity contribution in [3.8, 4) is 0 Å². The number of anilines is 1. The highest BCUT2D eigenvalue weighted by molar-refractivity contribution is 5.96. The molecule has 0 fully saturated rings. The van der Waals surface area contributed by atoms with Gasteiger partial charge in [0.05, 0.1) is 11.1 Å². The molecule has 0 amide bonds. The zero-order valence-corrected chi connectivity index (χ0v) is 11.3. The Morgan fingerprint density at radius 1 is 1.32 bits per heavy atom. The predicted octanol–water partition coefficient (Wildman–Crippen LogP) is 1.26. The molecule has 0 spiro atoms. The normalized spacial score (nSPS) is 11.2. The van der Waals surface area contributed by atoms with Gasteiger partial charge in [0, 0.05) is 25.5 Å². The highest BCUT2D eigenvalue weighted by atomic mass is 16.4. The lowest BCUT2D eigenvalue weighted by Gasteiger charge is -2.19. The van der Waals surface area contributed by atoms with Crippen LogP contribution in [-0.2, 0) is 0 Å². The summed E-state index contributed by atoms with van der Waals surface area (Å²) in [6, 6.07) is 5.00. The number of carboxylic acids is 1. The lowest BCUT2D eigenvalue weighted by Crippen LogP contribution is -2.28. The van der Waals surface area contributed by atoms with Gasteiger partial charge in [-0.25, -0.2) is 4.79 Å². The number of likely N-dealkylation sites (N-methyl/N-ethyl adjacent to an activating group) is 2. The van der Waals surface area contributed by atoms with Gasteiger partial charge in [-0.1, -0.05) is 0 Å². The highest BCUT2D eigenvalue weighted by Gasteiger charge is 2.12. The van der Waals surface area contributed by atoms with E-state index in [-0.39, 0.29) is 5.56 Å². The van der Waals surface area contributed by atoms with E-state index in [0.717, 1.165) is 29.8 Å². The van der Waals surface area contributed by atoms with Crippen molar-refractivity contribution < 1.29 is 9.90 Å². The number of nitrogens with zero attached hydrogens (tertiary/aromatic N) is 3. The van der Waals surface area contributed by atoms with Gasteiger partial charge < -0.3 is 14.9 Å². The second kappa shape index (κ2) is 5.27. The number of aromatic amines is 1. The number of aromatic nitrogens is 2. The van der Waals surface area contributed by atoms with E-state index < -0.39 is 5.97 Å². The lowest BCUT2D eigenvalue weighted by atomic mass is 10.1. The molecule has 0 saturated carbocycles. The van der Waals surface area contributed by atoms with Crippen LogP contribution in [0.4, 0.5) is 5.82 Å². The van der Waals surface area contributed by atoms with E-state index in [1.807, 2.05) is 21.1 Å². The lowest BCUT2D eigenvalue weighted by molar-refractivity contribution is 0.0697. The molecule has 0 bridgehead atoms. The topological polar surface area (TPSA) is 72.5 Å². The molecule has 0 radical (unpaired) electrons. The number of benzene rings is 1. The molecular formula is C13H18N4O2. The van der Waals surface area contributed by atoms with Gasteiger partial charge in [0.25, 0.3) is 0 Å². The average Bonchev–Trinajstić information content (AvgIpc) is 2.78. The SMILES string of the molecule is CN(C)CCN(C)c1n[nH]c2cc(C(=O)O)ccc12. The van der Waals surface area contributed by atoms with Crippen molar-refractivity contribution in [3.63, 3.8) is 0 Å². The number of hydrogen-bond donors (Lipinski definition) is 2. The molecule has 2 aromatic rings. The van der Waals surface area contributed by atoms with Gasteiger partial charge in [0.15, 0.2) is 5.82 Å². The fourth-order valence-electron chi connectivity index (χ4n) is 1.89. The summed E-state index contributed by atoms with van der Waals surface area (Å²) in [6.07, 6.45) is 0. The molecule has 1 heterocycles. The van der Waals surface area contributed by atoms with E-state index in [4.69, 9.17) is 5.11 Å². The maximum Gasteiger partial charge on any atom is 0.335 e. The maximum atomic E-state index is 10.9. The minimum absolute atomic E-state index is 0.263. The highest BCUT2D eigenvalue weighted by Crippen LogP contribution is 2.23. The molecule has 2 N–H and O–H groups in total. The largest absolute Gasteiger partial charge is 0.478 e. The number of aromatic carboxylic acids is 1. The minimum Gasteiger partial charge on any atom is -0.478 e. The van der Waals surface area contributed by atoms with E-state index in [9.17, 15) is 4.79 Å². The molecule has 0 aliphatic rings. The Balaban J connectivity index is 2.27. The van der Waals surface area contributed by atoms with Crippen molar-refractivity contribution >= 4 is 22.7 Å². The van der Waals surface area contributed by atoms with Crippen molar-refractivity contribution in [1.29, 1.82) is 0 Å². The number of nitrogens with one attached hydrogen (secondary N) is 1. The molecule has 1 aromatic carbocycles. The van der Waals surface area contributed by atoms with Gasteiger partial charge in [-0.05, 0) is 32.3 Å². The first-order valence-electron chi connectivity index (χ1n) is 6.06. The molecule has 0 atom stereocenters. The quantitative estimate of drug-likeness (QED) is 0.848. The Labute approximate surface area is 111 Å². The number of rotatable bonds is 5. The Morgan fingerprint density at radius 2 is 2.05 bits per heavy atom. The van der Waals surface area contributed by atoms with Crippen LogP contribution in [0.3, 0.4) is 0 Å². The molecular weight excluding hydrogens is 244 g/mol. The minimum atomic E-state index is -0.931. The predicted molar refractivity (Wildman–Crippen MR) is 74.9 cm³/mol. The Kier molecular flexibility index (Phi) is 3.71. The summed E-state index contributed by atoms with van der Waals surface area (Å²) in [6.45, 7) is 1.78. The smallest absolute Gasteiger partial charge is 0.335 e. The van der Waals surface area contributed by atoms with Crippen molar-refractivity contribution in [2.24, 2.45) is 0 Å². The second-order valence-electron chi connectivity index (χ2n) is 4.84. The van der Waals surface area contributed by atoms with E-state index in [1.165, 1.54) is 0 Å². The summed E-state index contributed by atoms with van der Waals surface area (Å²) in [7, 11) is 6.02. The molecule has 2 rings (SSSR count). The van der Waals surface area contributed by atoms with Crippen LogP contribution in [-0.4, -0.2) is 60.4 Å². The van der Waals surface area contributed by atoms with Crippen LogP contribution in [0, 0.1) is 0 Å². The number of hydrogen-bond acceptors (Lipinski definition) is 4. The summed E-state index contributed by atoms with van der Waals surface area (Å²) in [5.74, 6) is -0.0900. The van der Waals surface area contributed by atoms with Crippen LogP contribution in [0.5, 0.6) is 0 Å². The molecule has 19 heavy (non-hydrogen) atoms. The molecule has 6 heteroatoms. The van der Waals surface area contributed by atoms with E-state index in [0.29, 0.717) is 0 Å². The van der Waals surface area contributed by atoms with Gasteiger partial charge in [-0.2, -0.15) is 5.10 Å². The van der Waals surface area contributed by atoms with Crippen molar-refractivity contribution in [2.75, 3.05) is 39.1 Å². The van der Waals surface area contributed by atoms with Crippen LogP contribution >= 0.6 is 0 Å². The molecule has 0 aliphatic heterocycles. The maximum absolute atomic E-state index is 10.9. The number of carbonyl (C=O) groups is 1. The molecule has 6 nitrogen and oxygen atoms in total. The zero-order valence-electron chi connectivity index (χ0n) is 11.3. The van der Waals surface area contributed by atoms with Gasteiger partial charge in [-0.15, -0.1) is 0 Å². The number of carboxylic acid groups (broad SMARTS) is 1. The summed E-state index contributed by atoms with van der Waals surface area (Å²) < 4.78 is 0. The average molecular weight is 262 g/mol. The van der Waals surface area contributed by atoms with E-state index in [2.05, 4.69) is 20.0 Å². The Morgan fingerprint density at radius 3 is 2.68 bits per heavy atom. The molecule has 1 aromatic heterocycles. The molecule has 0 saturated heterocycles. The van der Waals surface area contributed by atoms with Gasteiger partial charge >= 0.3 is 5.97 Å². The molecule has 102 valence electrons. The number of fused-ring (bicyclic) bond motifs is 1. The summed E-state index contributed by atoms with van der Waals surface area (Å²) in [4.78, 5) is 15.1. The van der Waals surface area contributed by atoms with Crippen LogP contribution in [0.1, 0.15) is 10.4 Å². The molecule has 0 aliphatic carbocycles. The van der Waals surface area contributed by atoms with Crippen molar-refractivity contribution in [1.82, 2.24) is 15.1 Å². The first-order chi connectivity index (χ1) is 8.99. The van der Waals surface area contributed by atoms with E-state index >= 15 is 0 Å². The third-order valence-electron chi connectivity index (χ3n) is 3.03. The standard InChI is InChI=1S/C13H18N4O2/c1-16(2)6-7-17(3)12-10-5-4-9(13(18)19)8-11(10)14-15-12/h4-5,8H,6-7H2,1-3H3,(H,14,15)(H,18,19). The Bertz CT molecular complexity index is 591. The van der Waals surface area contributed by atoms with E-state index in [1.54, 1.807) is 18.2 Å². The molecule has 0 unspecified atom stereocenters. The van der Waals surface area contributed by atoms with Gasteiger partial charge in [0.2, 0.25) is 0 Å². The number of H-pyrrole nitrogens is 1. The van der Waals surface area contributed by atoms with Crippen LogP contribution in [0.25, 0.3) is 10.9 Å². The Hall–Kier alpha value is -2.08. The fourth-order valence-corrected chi connectivity index (χ4v) is 1.89. The van der Waals surface area contributed by atoms with Crippen LogP contribution in [0.2, 0.25) is 0 Å². The first-order valence-corrected chi connectivity index (χ1v) is 6.06. The summed E-state index contributed by atoms with van der Waals surface area (Å²) >= 11 is 0. The van der Waals surface area contributed by atoms with Crippen molar-refractivity contribution in [2.45, 2.75) is 0 Å². The third-order valence-corrected chi connectivity index (χ3v) is 3.03. The van der Waals surface area contributed by atoms with Crippen LogP contribution in [0.15, 0.2) is 18.2 Å². The van der Waals surface area contributed by atoms with Gasteiger partial charge in [-0.3, -0.25) is 5.10 Å². The fraction of sp³-hybridized carbons (Fsp3) is 0.385. The second-order valence-corrected chi connectivity index (χ2v) is 4.84. The monoisotopic (exact) mass is 262 g/mol. The third kappa shape index (κ3) is 2.85. The first kappa shape index (κ1) is 13.4. The van der Waals surface area contributed by atoms with Crippen molar-refractivity contribution in [3.05, 3.63) is 23.8 Å². The zero-order chi connectivity index (χ0) is 14.0.